The van der Waals surface area contributed by atoms with E-state index < -0.39 is 34.9 Å². The molecule has 1 unspecified atom stereocenters. The molecule has 0 spiro atoms. The summed E-state index contributed by atoms with van der Waals surface area (Å²) in [4.78, 5) is 29.5. The van der Waals surface area contributed by atoms with Crippen molar-refractivity contribution < 1.29 is 31.0 Å². The van der Waals surface area contributed by atoms with Gasteiger partial charge in [0, 0.05) is 11.3 Å². The SMILES string of the molecule is Cc1ccc(-c2cnc(N)c(C(=O)Nc3ccc(S(=O)(=O)OP(=O)(O)CF)cc3)n2)cc1. The van der Waals surface area contributed by atoms with Gasteiger partial charge in [0.1, 0.15) is 0 Å². The highest BCUT2D eigenvalue weighted by molar-refractivity contribution is 7.91. The van der Waals surface area contributed by atoms with Gasteiger partial charge in [-0.15, -0.1) is 0 Å². The number of nitrogens with zero attached hydrogens (tertiary/aromatic N) is 2. The summed E-state index contributed by atoms with van der Waals surface area (Å²) in [6, 6.07) is 11.9. The van der Waals surface area contributed by atoms with Crippen molar-refractivity contribution in [2.24, 2.45) is 0 Å². The fraction of sp³-hybridized carbons (Fsp3) is 0.105. The van der Waals surface area contributed by atoms with Crippen LogP contribution in [0.1, 0.15) is 16.1 Å². The van der Waals surface area contributed by atoms with Crippen molar-refractivity contribution in [3.63, 3.8) is 0 Å². The van der Waals surface area contributed by atoms with Gasteiger partial charge in [-0.25, -0.2) is 14.4 Å². The second-order valence-electron chi connectivity index (χ2n) is 6.62. The lowest BCUT2D eigenvalue weighted by Gasteiger charge is -2.10. The van der Waals surface area contributed by atoms with E-state index in [2.05, 4.69) is 19.3 Å². The van der Waals surface area contributed by atoms with Crippen molar-refractivity contribution in [3.05, 3.63) is 66.0 Å². The summed E-state index contributed by atoms with van der Waals surface area (Å²) in [5, 5.41) is 2.50. The Kier molecular flexibility index (Phi) is 6.70. The van der Waals surface area contributed by atoms with Gasteiger partial charge < -0.3 is 15.9 Å². The van der Waals surface area contributed by atoms with E-state index in [-0.39, 0.29) is 17.2 Å². The minimum Gasteiger partial charge on any atom is -0.382 e. The van der Waals surface area contributed by atoms with Gasteiger partial charge in [0.05, 0.1) is 16.8 Å². The molecule has 0 radical (unpaired) electrons. The average Bonchev–Trinajstić information content (AvgIpc) is 2.74. The Labute approximate surface area is 183 Å². The van der Waals surface area contributed by atoms with Gasteiger partial charge in [-0.3, -0.25) is 9.36 Å². The number of amides is 1. The Hall–Kier alpha value is -3.18. The number of alkyl halides is 1. The minimum absolute atomic E-state index is 0.101. The molecule has 3 rings (SSSR count). The van der Waals surface area contributed by atoms with Crippen molar-refractivity contribution in [1.82, 2.24) is 9.97 Å². The number of aromatic nitrogens is 2. The molecule has 3 aromatic rings. The quantitative estimate of drug-likeness (QED) is 0.431. The normalized spacial score (nSPS) is 13.3. The number of carbonyl (C=O) groups is 1. The number of halogens is 1. The molecule has 168 valence electrons. The molecule has 0 bridgehead atoms. The molecular formula is C19H18FN4O6PS. The van der Waals surface area contributed by atoms with Gasteiger partial charge >= 0.3 is 17.7 Å². The molecule has 13 heteroatoms. The second-order valence-corrected chi connectivity index (χ2v) is 10.1. The first-order valence-electron chi connectivity index (χ1n) is 8.96. The van der Waals surface area contributed by atoms with Crippen molar-refractivity contribution in [2.75, 3.05) is 17.5 Å². The van der Waals surface area contributed by atoms with Gasteiger partial charge in [0.15, 0.2) is 17.9 Å². The molecular weight excluding hydrogens is 462 g/mol. The number of hydrogen-bond donors (Lipinski definition) is 3. The van der Waals surface area contributed by atoms with E-state index in [0.717, 1.165) is 23.3 Å². The lowest BCUT2D eigenvalue weighted by atomic mass is 10.1. The Morgan fingerprint density at radius 1 is 1.19 bits per heavy atom. The zero-order chi connectivity index (χ0) is 23.5. The number of hydrogen-bond acceptors (Lipinski definition) is 8. The lowest BCUT2D eigenvalue weighted by Crippen LogP contribution is -2.17. The Morgan fingerprint density at radius 2 is 1.81 bits per heavy atom. The van der Waals surface area contributed by atoms with E-state index in [0.29, 0.717) is 5.69 Å². The zero-order valence-corrected chi connectivity index (χ0v) is 18.3. The van der Waals surface area contributed by atoms with Crippen LogP contribution in [0.3, 0.4) is 0 Å². The highest BCUT2D eigenvalue weighted by Gasteiger charge is 2.29. The molecule has 32 heavy (non-hydrogen) atoms. The molecule has 1 heterocycles. The third-order valence-corrected chi connectivity index (χ3v) is 7.00. The highest BCUT2D eigenvalue weighted by atomic mass is 32.2. The molecule has 0 aliphatic heterocycles. The maximum absolute atomic E-state index is 12.6. The van der Waals surface area contributed by atoms with E-state index in [1.165, 1.54) is 18.3 Å². The number of rotatable bonds is 7. The molecule has 10 nitrogen and oxygen atoms in total. The first-order valence-corrected chi connectivity index (χ1v) is 12.1. The third kappa shape index (κ3) is 5.54. The van der Waals surface area contributed by atoms with Crippen molar-refractivity contribution in [2.45, 2.75) is 11.8 Å². The van der Waals surface area contributed by atoms with Gasteiger partial charge in [-0.05, 0) is 31.2 Å². The number of anilines is 2. The molecule has 4 N–H and O–H groups in total. The van der Waals surface area contributed by atoms with Gasteiger partial charge in [-0.1, -0.05) is 29.8 Å². The van der Waals surface area contributed by atoms with E-state index in [1.54, 1.807) is 0 Å². The maximum Gasteiger partial charge on any atom is 0.373 e. The standard InChI is InChI=1S/C19H18FN4O6PS/c1-12-2-4-13(5-3-12)16-10-22-18(21)17(24-16)19(25)23-14-6-8-15(9-7-14)32(28,29)30-31(26,27)11-20/h2-10H,11H2,1H3,(H2,21,22)(H,23,25)(H,26,27). The van der Waals surface area contributed by atoms with Crippen molar-refractivity contribution >= 4 is 35.1 Å². The highest BCUT2D eigenvalue weighted by Crippen LogP contribution is 2.45. The Morgan fingerprint density at radius 3 is 2.41 bits per heavy atom. The molecule has 0 aliphatic rings. The molecule has 0 fully saturated rings. The van der Waals surface area contributed by atoms with Crippen LogP contribution >= 0.6 is 7.60 Å². The number of nitrogens with one attached hydrogen (secondary N) is 1. The fourth-order valence-corrected chi connectivity index (χ4v) is 4.74. The van der Waals surface area contributed by atoms with E-state index in [4.69, 9.17) is 10.6 Å². The first kappa shape index (κ1) is 23.5. The maximum atomic E-state index is 12.6. The Balaban J connectivity index is 1.80. The van der Waals surface area contributed by atoms with Gasteiger partial charge in [-0.2, -0.15) is 12.4 Å². The predicted molar refractivity (Wildman–Crippen MR) is 115 cm³/mol. The fourth-order valence-electron chi connectivity index (χ4n) is 2.54. The number of nitrogen functional groups attached to an aromatic ring is 1. The molecule has 0 saturated carbocycles. The van der Waals surface area contributed by atoms with Crippen molar-refractivity contribution in [3.8, 4) is 11.3 Å². The first-order chi connectivity index (χ1) is 15.0. The van der Waals surface area contributed by atoms with E-state index >= 15 is 0 Å². The van der Waals surface area contributed by atoms with Crippen LogP contribution in [0.4, 0.5) is 15.9 Å². The largest absolute Gasteiger partial charge is 0.382 e. The molecule has 1 atom stereocenters. The summed E-state index contributed by atoms with van der Waals surface area (Å²) in [5.41, 5.74) is 8.06. The summed E-state index contributed by atoms with van der Waals surface area (Å²) in [6.07, 6.45) is -0.418. The van der Waals surface area contributed by atoms with E-state index in [1.807, 2.05) is 31.2 Å². The number of benzene rings is 2. The second kappa shape index (κ2) is 9.13. The number of nitrogens with two attached hydrogens (primary N) is 1. The summed E-state index contributed by atoms with van der Waals surface area (Å²) in [5.74, 6) is -0.788. The monoisotopic (exact) mass is 480 g/mol. The Bertz CT molecular complexity index is 1300. The van der Waals surface area contributed by atoms with Gasteiger partial charge in [0.2, 0.25) is 0 Å². The van der Waals surface area contributed by atoms with Crippen LogP contribution in [0.25, 0.3) is 11.3 Å². The van der Waals surface area contributed by atoms with Crippen LogP contribution < -0.4 is 11.1 Å². The summed E-state index contributed by atoms with van der Waals surface area (Å²) < 4.78 is 51.5. The molecule has 0 aliphatic carbocycles. The van der Waals surface area contributed by atoms with Crippen LogP contribution in [0.2, 0.25) is 0 Å². The summed E-state index contributed by atoms with van der Waals surface area (Å²) in [6.45, 7) is 1.93. The number of carbonyl (C=O) groups excluding carboxylic acids is 1. The lowest BCUT2D eigenvalue weighted by molar-refractivity contribution is 0.102. The zero-order valence-electron chi connectivity index (χ0n) is 16.6. The topological polar surface area (TPSA) is 162 Å². The predicted octanol–water partition coefficient (Wildman–Crippen LogP) is 3.10. The van der Waals surface area contributed by atoms with Crippen LogP contribution in [0.5, 0.6) is 0 Å². The smallest absolute Gasteiger partial charge is 0.373 e. The van der Waals surface area contributed by atoms with Crippen LogP contribution in [-0.2, 0) is 18.7 Å². The molecule has 1 aromatic heterocycles. The van der Waals surface area contributed by atoms with Crippen molar-refractivity contribution in [1.29, 1.82) is 0 Å². The van der Waals surface area contributed by atoms with E-state index in [9.17, 15) is 22.2 Å². The minimum atomic E-state index is -4.93. The summed E-state index contributed by atoms with van der Waals surface area (Å²) in [7, 11) is -9.61. The molecule has 0 saturated heterocycles. The van der Waals surface area contributed by atoms with Crippen LogP contribution in [0.15, 0.2) is 59.6 Å². The summed E-state index contributed by atoms with van der Waals surface area (Å²) >= 11 is 0. The van der Waals surface area contributed by atoms with Crippen LogP contribution in [-0.4, -0.2) is 35.6 Å². The molecule has 2 aromatic carbocycles. The van der Waals surface area contributed by atoms with Gasteiger partial charge in [0.25, 0.3) is 5.91 Å². The third-order valence-electron chi connectivity index (χ3n) is 4.13. The average molecular weight is 480 g/mol. The number of aryl methyl sites for hydroxylation is 1. The molecule has 1 amide bonds. The van der Waals surface area contributed by atoms with Crippen LogP contribution in [0, 0.1) is 6.92 Å².